The van der Waals surface area contributed by atoms with E-state index < -0.39 is 4.92 Å². The van der Waals surface area contributed by atoms with Crippen molar-refractivity contribution in [2.45, 2.75) is 0 Å². The predicted molar refractivity (Wildman–Crippen MR) is 111 cm³/mol. The molecule has 0 radical (unpaired) electrons. The molecule has 10 heteroatoms. The molecule has 0 unspecified atom stereocenters. The minimum atomic E-state index is -0.478. The zero-order chi connectivity index (χ0) is 20.8. The van der Waals surface area contributed by atoms with Gasteiger partial charge in [0.15, 0.2) is 5.17 Å². The van der Waals surface area contributed by atoms with Crippen LogP contribution < -0.4 is 14.8 Å². The van der Waals surface area contributed by atoms with Crippen molar-refractivity contribution in [3.8, 4) is 11.5 Å². The van der Waals surface area contributed by atoms with Crippen LogP contribution >= 0.6 is 11.8 Å². The number of nitrogens with one attached hydrogen (secondary N) is 1. The molecule has 9 nitrogen and oxygen atoms in total. The summed E-state index contributed by atoms with van der Waals surface area (Å²) >= 11 is 1.13. The van der Waals surface area contributed by atoms with E-state index in [1.54, 1.807) is 50.6 Å². The van der Waals surface area contributed by atoms with Crippen molar-refractivity contribution in [2.24, 2.45) is 10.2 Å². The number of benzene rings is 2. The Balaban J connectivity index is 1.72. The predicted octanol–water partition coefficient (Wildman–Crippen LogP) is 3.21. The summed E-state index contributed by atoms with van der Waals surface area (Å²) in [6.07, 6.45) is 3.14. The maximum absolute atomic E-state index is 12.1. The summed E-state index contributed by atoms with van der Waals surface area (Å²) in [5.74, 6) is 0.921. The van der Waals surface area contributed by atoms with Gasteiger partial charge < -0.3 is 9.47 Å². The van der Waals surface area contributed by atoms with Gasteiger partial charge >= 0.3 is 0 Å². The molecule has 1 aliphatic rings. The van der Waals surface area contributed by atoms with Gasteiger partial charge in [-0.05, 0) is 47.7 Å². The van der Waals surface area contributed by atoms with Gasteiger partial charge in [-0.3, -0.25) is 20.2 Å². The average Bonchev–Trinajstić information content (AvgIpc) is 3.07. The van der Waals surface area contributed by atoms with E-state index in [0.717, 1.165) is 11.8 Å². The number of non-ortho nitro benzene ring substituents is 1. The highest BCUT2D eigenvalue weighted by molar-refractivity contribution is 8.18. The van der Waals surface area contributed by atoms with Crippen LogP contribution in [0.5, 0.6) is 11.5 Å². The summed E-state index contributed by atoms with van der Waals surface area (Å²) in [7, 11) is 3.11. The summed E-state index contributed by atoms with van der Waals surface area (Å²) in [5.41, 5.74) is 1.36. The lowest BCUT2D eigenvalue weighted by Gasteiger charge is -2.06. The van der Waals surface area contributed by atoms with Gasteiger partial charge in [0.05, 0.1) is 30.3 Å². The number of ether oxygens (including phenoxy) is 2. The van der Waals surface area contributed by atoms with E-state index in [1.165, 1.54) is 18.3 Å². The highest BCUT2D eigenvalue weighted by Crippen LogP contribution is 2.27. The Morgan fingerprint density at radius 2 is 1.90 bits per heavy atom. The number of carbonyl (C=O) groups is 1. The van der Waals surface area contributed by atoms with Crippen LogP contribution in [0.2, 0.25) is 0 Å². The van der Waals surface area contributed by atoms with Crippen molar-refractivity contribution >= 4 is 40.8 Å². The van der Waals surface area contributed by atoms with E-state index >= 15 is 0 Å². The molecular formula is C19H16N4O5S. The molecule has 2 aromatic carbocycles. The quantitative estimate of drug-likeness (QED) is 0.337. The van der Waals surface area contributed by atoms with E-state index in [1.807, 2.05) is 0 Å². The van der Waals surface area contributed by atoms with Gasteiger partial charge in [-0.25, -0.2) is 0 Å². The molecule has 1 aliphatic heterocycles. The third-order valence-corrected chi connectivity index (χ3v) is 4.74. The van der Waals surface area contributed by atoms with Crippen molar-refractivity contribution in [2.75, 3.05) is 14.2 Å². The SMILES string of the molecule is COc1ccc(C=N/N=C2/NC(=O)C(=Cc3ccc([N+](=O)[O-])cc3)S2)c(OC)c1. The number of amidine groups is 1. The first-order chi connectivity index (χ1) is 14.0. The van der Waals surface area contributed by atoms with E-state index in [4.69, 9.17) is 9.47 Å². The number of methoxy groups -OCH3 is 2. The Morgan fingerprint density at radius 3 is 2.55 bits per heavy atom. The largest absolute Gasteiger partial charge is 0.497 e. The molecule has 0 saturated carbocycles. The summed E-state index contributed by atoms with van der Waals surface area (Å²) in [6.45, 7) is 0. The van der Waals surface area contributed by atoms with Gasteiger partial charge in [0, 0.05) is 23.8 Å². The van der Waals surface area contributed by atoms with Crippen LogP contribution in [0.15, 0.2) is 57.6 Å². The first-order valence-electron chi connectivity index (χ1n) is 8.28. The van der Waals surface area contributed by atoms with Crippen LogP contribution in [0.1, 0.15) is 11.1 Å². The second-order valence-electron chi connectivity index (χ2n) is 5.67. The average molecular weight is 412 g/mol. The minimum absolute atomic E-state index is 0.0128. The molecule has 0 aromatic heterocycles. The van der Waals surface area contributed by atoms with E-state index in [2.05, 4.69) is 15.5 Å². The van der Waals surface area contributed by atoms with Crippen LogP contribution in [-0.4, -0.2) is 36.4 Å². The van der Waals surface area contributed by atoms with Gasteiger partial charge in [-0.15, -0.1) is 5.10 Å². The number of nitrogens with zero attached hydrogens (tertiary/aromatic N) is 3. The molecule has 1 amide bonds. The standard InChI is InChI=1S/C19H16N4O5S/c1-27-15-8-5-13(16(10-15)28-2)11-20-22-19-21-18(24)17(29-19)9-12-3-6-14(7-4-12)23(25)26/h3-11H,1-2H3,(H,21,22,24). The number of hydrogen-bond donors (Lipinski definition) is 1. The minimum Gasteiger partial charge on any atom is -0.497 e. The molecule has 0 atom stereocenters. The van der Waals surface area contributed by atoms with Crippen molar-refractivity contribution < 1.29 is 19.2 Å². The van der Waals surface area contributed by atoms with E-state index in [0.29, 0.717) is 32.7 Å². The van der Waals surface area contributed by atoms with Gasteiger partial charge in [-0.2, -0.15) is 5.10 Å². The van der Waals surface area contributed by atoms with Gasteiger partial charge in [0.25, 0.3) is 11.6 Å². The summed E-state index contributed by atoms with van der Waals surface area (Å²) in [5, 5.41) is 21.7. The lowest BCUT2D eigenvalue weighted by atomic mass is 10.2. The molecular weight excluding hydrogens is 396 g/mol. The van der Waals surface area contributed by atoms with Gasteiger partial charge in [-0.1, -0.05) is 0 Å². The Morgan fingerprint density at radius 1 is 1.14 bits per heavy atom. The number of nitro benzene ring substituents is 1. The van der Waals surface area contributed by atoms with Gasteiger partial charge in [0.2, 0.25) is 0 Å². The lowest BCUT2D eigenvalue weighted by molar-refractivity contribution is -0.384. The van der Waals surface area contributed by atoms with E-state index in [-0.39, 0.29) is 11.6 Å². The molecule has 1 fully saturated rings. The third-order valence-electron chi connectivity index (χ3n) is 3.84. The van der Waals surface area contributed by atoms with Crippen LogP contribution in [0, 0.1) is 10.1 Å². The fourth-order valence-corrected chi connectivity index (χ4v) is 3.17. The zero-order valence-corrected chi connectivity index (χ0v) is 16.3. The normalized spacial score (nSPS) is 16.4. The second-order valence-corrected chi connectivity index (χ2v) is 6.70. The number of amides is 1. The molecule has 2 aromatic rings. The first-order valence-corrected chi connectivity index (χ1v) is 9.10. The molecule has 29 heavy (non-hydrogen) atoms. The molecule has 1 saturated heterocycles. The zero-order valence-electron chi connectivity index (χ0n) is 15.5. The molecule has 0 bridgehead atoms. The summed E-state index contributed by atoms with van der Waals surface area (Å²) in [6, 6.07) is 11.2. The summed E-state index contributed by atoms with van der Waals surface area (Å²) in [4.78, 5) is 22.7. The number of hydrogen-bond acceptors (Lipinski definition) is 8. The fourth-order valence-electron chi connectivity index (χ4n) is 2.39. The Hall–Kier alpha value is -3.66. The van der Waals surface area contributed by atoms with Crippen LogP contribution in [0.3, 0.4) is 0 Å². The maximum Gasteiger partial charge on any atom is 0.269 e. The smallest absolute Gasteiger partial charge is 0.269 e. The topological polar surface area (TPSA) is 115 Å². The van der Waals surface area contributed by atoms with Crippen molar-refractivity contribution in [1.82, 2.24) is 5.32 Å². The van der Waals surface area contributed by atoms with Crippen molar-refractivity contribution in [1.29, 1.82) is 0 Å². The molecule has 1 heterocycles. The van der Waals surface area contributed by atoms with E-state index in [9.17, 15) is 14.9 Å². The number of carbonyl (C=O) groups excluding carboxylic acids is 1. The second kappa shape index (κ2) is 9.02. The number of nitro groups is 1. The Kier molecular flexibility index (Phi) is 6.25. The lowest BCUT2D eigenvalue weighted by Crippen LogP contribution is -2.19. The van der Waals surface area contributed by atoms with Gasteiger partial charge in [0.1, 0.15) is 11.5 Å². The van der Waals surface area contributed by atoms with Crippen LogP contribution in [0.4, 0.5) is 5.69 Å². The number of thioether (sulfide) groups is 1. The van der Waals surface area contributed by atoms with Crippen LogP contribution in [0.25, 0.3) is 6.08 Å². The molecule has 0 aliphatic carbocycles. The summed E-state index contributed by atoms with van der Waals surface area (Å²) < 4.78 is 10.4. The molecule has 3 rings (SSSR count). The van der Waals surface area contributed by atoms with Crippen molar-refractivity contribution in [3.05, 3.63) is 68.6 Å². The molecule has 148 valence electrons. The Bertz CT molecular complexity index is 1030. The molecule has 0 spiro atoms. The van der Waals surface area contributed by atoms with Crippen LogP contribution in [-0.2, 0) is 4.79 Å². The molecule has 1 N–H and O–H groups in total. The third kappa shape index (κ3) is 4.99. The highest BCUT2D eigenvalue weighted by atomic mass is 32.2. The highest BCUT2D eigenvalue weighted by Gasteiger charge is 2.23. The Labute approximate surface area is 170 Å². The van der Waals surface area contributed by atoms with Crippen molar-refractivity contribution in [3.63, 3.8) is 0 Å². The monoisotopic (exact) mass is 412 g/mol. The maximum atomic E-state index is 12.1. The number of rotatable bonds is 6. The fraction of sp³-hybridized carbons (Fsp3) is 0.105. The first kappa shape index (κ1) is 20.1.